The summed E-state index contributed by atoms with van der Waals surface area (Å²) in [5.74, 6) is -0.727. The molecule has 5 heteroatoms. The maximum Gasteiger partial charge on any atom is 0.127 e. The zero-order chi connectivity index (χ0) is 12.5. The zero-order valence-electron chi connectivity index (χ0n) is 10.5. The van der Waals surface area contributed by atoms with Crippen LogP contribution in [0.4, 0.5) is 8.78 Å². The highest BCUT2D eigenvalue weighted by atomic mass is 35.5. The number of nitrogens with two attached hydrogens (primary N) is 1. The quantitative estimate of drug-likeness (QED) is 0.919. The van der Waals surface area contributed by atoms with Crippen LogP contribution in [0.15, 0.2) is 18.2 Å². The van der Waals surface area contributed by atoms with E-state index in [1.165, 1.54) is 12.1 Å². The lowest BCUT2D eigenvalue weighted by atomic mass is 9.90. The number of hydrogen-bond acceptors (Lipinski definition) is 2. The molecular weight excluding hydrogens is 258 g/mol. The molecule has 2 N–H and O–H groups in total. The molecule has 18 heavy (non-hydrogen) atoms. The average molecular weight is 277 g/mol. The maximum atomic E-state index is 13.5. The predicted molar refractivity (Wildman–Crippen MR) is 70.7 cm³/mol. The molecule has 0 aliphatic carbocycles. The van der Waals surface area contributed by atoms with Crippen molar-refractivity contribution in [2.75, 3.05) is 19.6 Å². The molecular formula is C13H19ClF2N2. The van der Waals surface area contributed by atoms with E-state index in [0.717, 1.165) is 25.6 Å². The lowest BCUT2D eigenvalue weighted by molar-refractivity contribution is 0.271. The summed E-state index contributed by atoms with van der Waals surface area (Å²) >= 11 is 0. The van der Waals surface area contributed by atoms with E-state index in [-0.39, 0.29) is 29.5 Å². The zero-order valence-corrected chi connectivity index (χ0v) is 11.3. The van der Waals surface area contributed by atoms with Crippen molar-refractivity contribution in [2.24, 2.45) is 11.1 Å². The van der Waals surface area contributed by atoms with Crippen LogP contribution in [0.1, 0.15) is 18.9 Å². The van der Waals surface area contributed by atoms with E-state index in [1.54, 1.807) is 0 Å². The van der Waals surface area contributed by atoms with Crippen LogP contribution < -0.4 is 5.73 Å². The van der Waals surface area contributed by atoms with Crippen molar-refractivity contribution >= 4 is 12.4 Å². The van der Waals surface area contributed by atoms with Gasteiger partial charge in [0.15, 0.2) is 0 Å². The Morgan fingerprint density at radius 1 is 1.39 bits per heavy atom. The molecule has 1 aliphatic rings. The molecule has 0 saturated carbocycles. The Balaban J connectivity index is 0.00000162. The van der Waals surface area contributed by atoms with Gasteiger partial charge in [-0.15, -0.1) is 12.4 Å². The van der Waals surface area contributed by atoms with Crippen LogP contribution >= 0.6 is 12.4 Å². The molecule has 1 aromatic rings. The summed E-state index contributed by atoms with van der Waals surface area (Å²) in [6.07, 6.45) is 1.01. The molecule has 0 aromatic heterocycles. The largest absolute Gasteiger partial charge is 0.330 e. The summed E-state index contributed by atoms with van der Waals surface area (Å²) in [5, 5.41) is 0. The fraction of sp³-hybridized carbons (Fsp3) is 0.538. The summed E-state index contributed by atoms with van der Waals surface area (Å²) < 4.78 is 26.5. The van der Waals surface area contributed by atoms with E-state index >= 15 is 0 Å². The van der Waals surface area contributed by atoms with Gasteiger partial charge in [0.2, 0.25) is 0 Å². The van der Waals surface area contributed by atoms with Crippen molar-refractivity contribution < 1.29 is 8.78 Å². The number of halogens is 3. The molecule has 2 nitrogen and oxygen atoms in total. The summed E-state index contributed by atoms with van der Waals surface area (Å²) in [7, 11) is 0. The Bertz CT molecular complexity index is 414. The van der Waals surface area contributed by atoms with Crippen LogP contribution in [-0.4, -0.2) is 24.5 Å². The SMILES string of the molecule is CC1(CN)CCN(Cc2cc(F)ccc2F)C1.Cl. The van der Waals surface area contributed by atoms with Crippen molar-refractivity contribution in [2.45, 2.75) is 19.9 Å². The standard InChI is InChI=1S/C13H18F2N2.ClH/c1-13(8-16)4-5-17(9-13)7-10-6-11(14)2-3-12(10)15;/h2-3,6H,4-5,7-9,16H2,1H3;1H. The topological polar surface area (TPSA) is 29.3 Å². The maximum absolute atomic E-state index is 13.5. The Labute approximate surface area is 113 Å². The molecule has 0 radical (unpaired) electrons. The lowest BCUT2D eigenvalue weighted by Gasteiger charge is -2.22. The van der Waals surface area contributed by atoms with Gasteiger partial charge in [-0.2, -0.15) is 0 Å². The van der Waals surface area contributed by atoms with Gasteiger partial charge in [-0.3, -0.25) is 4.90 Å². The Morgan fingerprint density at radius 3 is 2.72 bits per heavy atom. The van der Waals surface area contributed by atoms with E-state index in [9.17, 15) is 8.78 Å². The van der Waals surface area contributed by atoms with Gasteiger partial charge in [0, 0.05) is 18.7 Å². The van der Waals surface area contributed by atoms with Crippen LogP contribution in [0, 0.1) is 17.0 Å². The average Bonchev–Trinajstić information content (AvgIpc) is 2.67. The summed E-state index contributed by atoms with van der Waals surface area (Å²) in [6, 6.07) is 3.60. The minimum absolute atomic E-state index is 0. The molecule has 0 spiro atoms. The molecule has 0 bridgehead atoms. The molecule has 1 unspecified atom stereocenters. The van der Waals surface area contributed by atoms with Gasteiger partial charge in [0.05, 0.1) is 0 Å². The second-order valence-corrected chi connectivity index (χ2v) is 5.21. The summed E-state index contributed by atoms with van der Waals surface area (Å²) in [6.45, 7) is 4.96. The first-order valence-corrected chi connectivity index (χ1v) is 5.89. The van der Waals surface area contributed by atoms with Gasteiger partial charge < -0.3 is 5.73 Å². The first kappa shape index (κ1) is 15.3. The van der Waals surface area contributed by atoms with Crippen molar-refractivity contribution in [1.82, 2.24) is 4.90 Å². The first-order chi connectivity index (χ1) is 8.02. The molecule has 102 valence electrons. The second kappa shape index (κ2) is 5.95. The van der Waals surface area contributed by atoms with Gasteiger partial charge in [0.25, 0.3) is 0 Å². The number of rotatable bonds is 3. The van der Waals surface area contributed by atoms with Crippen LogP contribution in [0.3, 0.4) is 0 Å². The molecule has 1 saturated heterocycles. The summed E-state index contributed by atoms with van der Waals surface area (Å²) in [5.41, 5.74) is 6.25. The normalized spacial score (nSPS) is 24.0. The van der Waals surface area contributed by atoms with Crippen LogP contribution in [0.5, 0.6) is 0 Å². The fourth-order valence-electron chi connectivity index (χ4n) is 2.33. The molecule has 1 aromatic carbocycles. The number of hydrogen-bond donors (Lipinski definition) is 1. The van der Waals surface area contributed by atoms with E-state index in [2.05, 4.69) is 11.8 Å². The second-order valence-electron chi connectivity index (χ2n) is 5.21. The van der Waals surface area contributed by atoms with E-state index in [1.807, 2.05) is 0 Å². The minimum atomic E-state index is -0.387. The number of benzene rings is 1. The van der Waals surface area contributed by atoms with Crippen molar-refractivity contribution in [1.29, 1.82) is 0 Å². The highest BCUT2D eigenvalue weighted by Crippen LogP contribution is 2.29. The highest BCUT2D eigenvalue weighted by Gasteiger charge is 2.32. The van der Waals surface area contributed by atoms with Crippen LogP contribution in [0.2, 0.25) is 0 Å². The van der Waals surface area contributed by atoms with Crippen LogP contribution in [0.25, 0.3) is 0 Å². The van der Waals surface area contributed by atoms with Gasteiger partial charge in [-0.25, -0.2) is 8.78 Å². The predicted octanol–water partition coefficient (Wildman–Crippen LogP) is 2.56. The molecule has 2 rings (SSSR count). The van der Waals surface area contributed by atoms with Crippen molar-refractivity contribution in [3.8, 4) is 0 Å². The third-order valence-corrected chi connectivity index (χ3v) is 3.53. The van der Waals surface area contributed by atoms with E-state index in [4.69, 9.17) is 5.73 Å². The number of likely N-dealkylation sites (tertiary alicyclic amines) is 1. The molecule has 1 atom stereocenters. The smallest absolute Gasteiger partial charge is 0.127 e. The highest BCUT2D eigenvalue weighted by molar-refractivity contribution is 5.85. The number of nitrogens with zero attached hydrogens (tertiary/aromatic N) is 1. The van der Waals surface area contributed by atoms with Gasteiger partial charge in [-0.1, -0.05) is 6.92 Å². The first-order valence-electron chi connectivity index (χ1n) is 5.89. The lowest BCUT2D eigenvalue weighted by Crippen LogP contribution is -2.31. The van der Waals surface area contributed by atoms with Crippen molar-refractivity contribution in [3.05, 3.63) is 35.4 Å². The third-order valence-electron chi connectivity index (χ3n) is 3.53. The fourth-order valence-corrected chi connectivity index (χ4v) is 2.33. The van der Waals surface area contributed by atoms with Gasteiger partial charge in [0.1, 0.15) is 11.6 Å². The van der Waals surface area contributed by atoms with Gasteiger partial charge >= 0.3 is 0 Å². The minimum Gasteiger partial charge on any atom is -0.330 e. The molecule has 1 fully saturated rings. The van der Waals surface area contributed by atoms with Crippen LogP contribution in [-0.2, 0) is 6.54 Å². The van der Waals surface area contributed by atoms with Crippen molar-refractivity contribution in [3.63, 3.8) is 0 Å². The third kappa shape index (κ3) is 3.40. The molecule has 1 aliphatic heterocycles. The van der Waals surface area contributed by atoms with Gasteiger partial charge in [-0.05, 0) is 43.1 Å². The Morgan fingerprint density at radius 2 is 2.11 bits per heavy atom. The van der Waals surface area contributed by atoms with E-state index < -0.39 is 0 Å². The monoisotopic (exact) mass is 276 g/mol. The van der Waals surface area contributed by atoms with E-state index in [0.29, 0.717) is 18.7 Å². The Hall–Kier alpha value is -0.710. The Kier molecular flexibility index (Phi) is 5.08. The summed E-state index contributed by atoms with van der Waals surface area (Å²) in [4.78, 5) is 2.13. The molecule has 0 amide bonds. The molecule has 1 heterocycles.